The number of carbonyl (C=O) groups excluding carboxylic acids is 1. The molecule has 1 aliphatic rings. The van der Waals surface area contributed by atoms with Crippen LogP contribution in [-0.2, 0) is 0 Å². The van der Waals surface area contributed by atoms with Crippen molar-refractivity contribution >= 4 is 29.0 Å². The Morgan fingerprint density at radius 1 is 1.29 bits per heavy atom. The van der Waals surface area contributed by atoms with E-state index in [0.717, 1.165) is 0 Å². The minimum absolute atomic E-state index is 0.103. The summed E-state index contributed by atoms with van der Waals surface area (Å²) in [7, 11) is 0. The zero-order valence-corrected chi connectivity index (χ0v) is 9.24. The van der Waals surface area contributed by atoms with Crippen molar-refractivity contribution in [2.75, 3.05) is 0 Å². The van der Waals surface area contributed by atoms with Crippen LogP contribution in [-0.4, -0.2) is 11.4 Å². The third-order valence-electron chi connectivity index (χ3n) is 2.16. The summed E-state index contributed by atoms with van der Waals surface area (Å²) < 4.78 is 5.45. The predicted octanol–water partition coefficient (Wildman–Crippen LogP) is 3.35. The van der Waals surface area contributed by atoms with Gasteiger partial charge in [-0.2, -0.15) is 0 Å². The Morgan fingerprint density at radius 2 is 1.93 bits per heavy atom. The van der Waals surface area contributed by atoms with Gasteiger partial charge in [0, 0.05) is 5.02 Å². The van der Waals surface area contributed by atoms with Gasteiger partial charge in [-0.1, -0.05) is 23.2 Å². The molecule has 0 spiro atoms. The fraction of sp³-hybridized carbons (Fsp3) is 0.300. The first-order valence-electron chi connectivity index (χ1n) is 4.15. The number of ether oxygens (including phenoxy) is 1. The van der Waals surface area contributed by atoms with Gasteiger partial charge in [-0.3, -0.25) is 4.79 Å². The van der Waals surface area contributed by atoms with Gasteiger partial charge in [-0.05, 0) is 26.0 Å². The highest BCUT2D eigenvalue weighted by atomic mass is 35.5. The maximum absolute atomic E-state index is 11.8. The first kappa shape index (κ1) is 9.81. The number of carbonyl (C=O) groups is 1. The molecule has 0 atom stereocenters. The third-order valence-corrected chi connectivity index (χ3v) is 2.67. The predicted molar refractivity (Wildman–Crippen MR) is 55.5 cm³/mol. The Bertz CT molecular complexity index is 424. The first-order chi connectivity index (χ1) is 6.42. The van der Waals surface area contributed by atoms with Crippen LogP contribution in [0.25, 0.3) is 0 Å². The van der Waals surface area contributed by atoms with Gasteiger partial charge in [-0.15, -0.1) is 0 Å². The van der Waals surface area contributed by atoms with E-state index in [-0.39, 0.29) is 5.78 Å². The van der Waals surface area contributed by atoms with E-state index < -0.39 is 5.60 Å². The van der Waals surface area contributed by atoms with Gasteiger partial charge in [0.05, 0.1) is 10.6 Å². The van der Waals surface area contributed by atoms with E-state index in [1.807, 2.05) is 0 Å². The van der Waals surface area contributed by atoms with Gasteiger partial charge >= 0.3 is 0 Å². The van der Waals surface area contributed by atoms with Crippen LogP contribution in [0.4, 0.5) is 0 Å². The van der Waals surface area contributed by atoms with Crippen molar-refractivity contribution in [3.63, 3.8) is 0 Å². The molecular formula is C10H8Cl2O2. The summed E-state index contributed by atoms with van der Waals surface area (Å²) in [5, 5.41) is 0.822. The molecule has 0 N–H and O–H groups in total. The highest BCUT2D eigenvalue weighted by Crippen LogP contribution is 2.40. The van der Waals surface area contributed by atoms with E-state index >= 15 is 0 Å². The molecule has 4 heteroatoms. The zero-order valence-electron chi connectivity index (χ0n) is 7.73. The normalized spacial score (nSPS) is 17.9. The van der Waals surface area contributed by atoms with E-state index in [4.69, 9.17) is 27.9 Å². The minimum Gasteiger partial charge on any atom is -0.479 e. The molecule has 1 heterocycles. The number of hydrogen-bond acceptors (Lipinski definition) is 2. The third kappa shape index (κ3) is 1.30. The first-order valence-corrected chi connectivity index (χ1v) is 4.90. The monoisotopic (exact) mass is 230 g/mol. The molecule has 0 bridgehead atoms. The number of ketones is 1. The highest BCUT2D eigenvalue weighted by Gasteiger charge is 2.41. The summed E-state index contributed by atoms with van der Waals surface area (Å²) in [6.07, 6.45) is 0. The topological polar surface area (TPSA) is 26.3 Å². The molecule has 2 rings (SSSR count). The summed E-state index contributed by atoms with van der Waals surface area (Å²) >= 11 is 11.7. The number of rotatable bonds is 0. The van der Waals surface area contributed by atoms with Crippen LogP contribution in [0.2, 0.25) is 10.0 Å². The number of benzene rings is 1. The van der Waals surface area contributed by atoms with Crippen LogP contribution in [0.3, 0.4) is 0 Å². The molecule has 0 aromatic heterocycles. The molecule has 1 aromatic carbocycles. The van der Waals surface area contributed by atoms with Crippen LogP contribution < -0.4 is 4.74 Å². The standard InChI is InChI=1S/C10H8Cl2O2/c1-10(2)9(13)8-6(12)3-5(11)4-7(8)14-10/h3-4H,1-2H3. The lowest BCUT2D eigenvalue weighted by Gasteiger charge is -2.14. The molecule has 1 aliphatic heterocycles. The summed E-state index contributed by atoms with van der Waals surface area (Å²) in [6.45, 7) is 3.42. The molecule has 1 aromatic rings. The van der Waals surface area contributed by atoms with Crippen molar-refractivity contribution in [3.8, 4) is 5.75 Å². The van der Waals surface area contributed by atoms with Gasteiger partial charge in [0.2, 0.25) is 5.78 Å². The average molecular weight is 231 g/mol. The van der Waals surface area contributed by atoms with E-state index in [1.165, 1.54) is 0 Å². The van der Waals surface area contributed by atoms with Crippen LogP contribution in [0.1, 0.15) is 24.2 Å². The molecule has 0 unspecified atom stereocenters. The van der Waals surface area contributed by atoms with E-state index in [1.54, 1.807) is 26.0 Å². The van der Waals surface area contributed by atoms with Crippen molar-refractivity contribution < 1.29 is 9.53 Å². The SMILES string of the molecule is CC1(C)Oc2cc(Cl)cc(Cl)c2C1=O. The van der Waals surface area contributed by atoms with E-state index in [9.17, 15) is 4.79 Å². The lowest BCUT2D eigenvalue weighted by atomic mass is 10.00. The molecule has 74 valence electrons. The number of Topliss-reactive ketones (excluding diaryl/α,β-unsaturated/α-hetero) is 1. The molecule has 0 saturated heterocycles. The zero-order chi connectivity index (χ0) is 10.5. The Morgan fingerprint density at radius 3 is 2.57 bits per heavy atom. The second-order valence-electron chi connectivity index (χ2n) is 3.70. The largest absolute Gasteiger partial charge is 0.479 e. The molecule has 0 radical (unpaired) electrons. The maximum atomic E-state index is 11.8. The number of hydrogen-bond donors (Lipinski definition) is 0. The Labute approximate surface area is 91.8 Å². The molecule has 2 nitrogen and oxygen atoms in total. The molecule has 0 saturated carbocycles. The van der Waals surface area contributed by atoms with Gasteiger partial charge in [0.15, 0.2) is 5.60 Å². The fourth-order valence-corrected chi connectivity index (χ4v) is 2.03. The van der Waals surface area contributed by atoms with Crippen molar-refractivity contribution in [1.82, 2.24) is 0 Å². The highest BCUT2D eigenvalue weighted by molar-refractivity contribution is 6.38. The van der Waals surface area contributed by atoms with E-state index in [2.05, 4.69) is 0 Å². The summed E-state index contributed by atoms with van der Waals surface area (Å²) in [6, 6.07) is 3.15. The Kier molecular flexibility index (Phi) is 2.02. The smallest absolute Gasteiger partial charge is 0.211 e. The quantitative estimate of drug-likeness (QED) is 0.684. The van der Waals surface area contributed by atoms with Crippen LogP contribution in [0.15, 0.2) is 12.1 Å². The Hall–Kier alpha value is -0.730. The minimum atomic E-state index is -0.837. The van der Waals surface area contributed by atoms with Gasteiger partial charge in [-0.25, -0.2) is 0 Å². The maximum Gasteiger partial charge on any atom is 0.211 e. The van der Waals surface area contributed by atoms with Crippen LogP contribution >= 0.6 is 23.2 Å². The van der Waals surface area contributed by atoms with Gasteiger partial charge in [0.25, 0.3) is 0 Å². The van der Waals surface area contributed by atoms with Crippen LogP contribution in [0, 0.1) is 0 Å². The Balaban J connectivity index is 2.66. The molecule has 0 aliphatic carbocycles. The summed E-state index contributed by atoms with van der Waals surface area (Å²) in [5.74, 6) is 0.367. The second-order valence-corrected chi connectivity index (χ2v) is 4.55. The van der Waals surface area contributed by atoms with Crippen LogP contribution in [0.5, 0.6) is 5.75 Å². The van der Waals surface area contributed by atoms with Crippen molar-refractivity contribution in [2.45, 2.75) is 19.4 Å². The van der Waals surface area contributed by atoms with Crippen molar-refractivity contribution in [2.24, 2.45) is 0 Å². The summed E-state index contributed by atoms with van der Waals surface area (Å²) in [4.78, 5) is 11.8. The second kappa shape index (κ2) is 2.88. The average Bonchev–Trinajstić information content (AvgIpc) is 2.21. The van der Waals surface area contributed by atoms with Gasteiger partial charge in [0.1, 0.15) is 5.75 Å². The van der Waals surface area contributed by atoms with Crippen molar-refractivity contribution in [3.05, 3.63) is 27.7 Å². The van der Waals surface area contributed by atoms with Gasteiger partial charge < -0.3 is 4.74 Å². The fourth-order valence-electron chi connectivity index (χ4n) is 1.47. The molecule has 0 fully saturated rings. The van der Waals surface area contributed by atoms with Crippen molar-refractivity contribution in [1.29, 1.82) is 0 Å². The molecular weight excluding hydrogens is 223 g/mol. The molecule has 14 heavy (non-hydrogen) atoms. The molecule has 0 amide bonds. The lowest BCUT2D eigenvalue weighted by molar-refractivity contribution is 0.0684. The lowest BCUT2D eigenvalue weighted by Crippen LogP contribution is -2.32. The number of halogens is 2. The van der Waals surface area contributed by atoms with E-state index in [0.29, 0.717) is 21.4 Å². The summed E-state index contributed by atoms with van der Waals surface area (Å²) in [5.41, 5.74) is -0.405. The number of fused-ring (bicyclic) bond motifs is 1.